The second-order valence-corrected chi connectivity index (χ2v) is 10.1. The van der Waals surface area contributed by atoms with Crippen molar-refractivity contribution in [3.63, 3.8) is 0 Å². The number of alkyl halides is 12. The molecule has 0 spiro atoms. The first-order chi connectivity index (χ1) is 19.5. The van der Waals surface area contributed by atoms with Crippen molar-refractivity contribution in [2.45, 2.75) is 50.9 Å². The summed E-state index contributed by atoms with van der Waals surface area (Å²) in [5.74, 6) is -2.35. The lowest BCUT2D eigenvalue weighted by molar-refractivity contribution is -0.144. The standard InChI is InChI=1S/C29H22F12O2/c1-14(2)4-24(25(42)43-3)19-6-15(17-8-20(26(30,31)32)12-21(9-17)27(33,34)35)5-16(7-19)18-10-22(28(36,37)38)13-23(11-18)29(39,40)41/h5-14,24H,4H2,1-3H3. The molecule has 0 N–H and O–H groups in total. The van der Waals surface area contributed by atoms with Crippen LogP contribution < -0.4 is 0 Å². The average Bonchev–Trinajstić information content (AvgIpc) is 2.88. The fraction of sp³-hybridized carbons (Fsp3) is 0.345. The summed E-state index contributed by atoms with van der Waals surface area (Å²) in [6.07, 6.45) is -21.0. The molecule has 1 unspecified atom stereocenters. The summed E-state index contributed by atoms with van der Waals surface area (Å²) in [6.45, 7) is 3.34. The van der Waals surface area contributed by atoms with E-state index in [0.29, 0.717) is 24.3 Å². The smallest absolute Gasteiger partial charge is 0.416 e. The van der Waals surface area contributed by atoms with Crippen molar-refractivity contribution >= 4 is 5.97 Å². The Morgan fingerprint density at radius 2 is 0.860 bits per heavy atom. The number of carbonyl (C=O) groups is 1. The highest BCUT2D eigenvalue weighted by Crippen LogP contribution is 2.43. The van der Waals surface area contributed by atoms with E-state index in [0.717, 1.165) is 25.3 Å². The number of halogens is 12. The Bertz CT molecular complexity index is 1320. The van der Waals surface area contributed by atoms with Gasteiger partial charge < -0.3 is 4.74 Å². The Hall–Kier alpha value is -3.71. The minimum Gasteiger partial charge on any atom is -0.469 e. The Morgan fingerprint density at radius 1 is 0.558 bits per heavy atom. The van der Waals surface area contributed by atoms with E-state index in [4.69, 9.17) is 4.74 Å². The number of hydrogen-bond donors (Lipinski definition) is 0. The SMILES string of the molecule is COC(=O)C(CC(C)C)c1cc(-c2cc(C(F)(F)F)cc(C(F)(F)F)c2)cc(-c2cc(C(F)(F)F)cc(C(F)(F)F)c2)c1. The molecule has 0 aliphatic heterocycles. The fourth-order valence-electron chi connectivity index (χ4n) is 4.41. The monoisotopic (exact) mass is 630 g/mol. The largest absolute Gasteiger partial charge is 0.469 e. The average molecular weight is 630 g/mol. The lowest BCUT2D eigenvalue weighted by atomic mass is 9.85. The van der Waals surface area contributed by atoms with Crippen LogP contribution in [0.3, 0.4) is 0 Å². The molecule has 0 fully saturated rings. The van der Waals surface area contributed by atoms with Crippen molar-refractivity contribution in [3.05, 3.63) is 82.4 Å². The molecule has 3 rings (SSSR count). The molecule has 0 amide bonds. The van der Waals surface area contributed by atoms with Crippen LogP contribution in [-0.2, 0) is 34.2 Å². The van der Waals surface area contributed by atoms with Gasteiger partial charge in [-0.25, -0.2) is 0 Å². The normalized spacial score (nSPS) is 13.8. The number of rotatable bonds is 6. The van der Waals surface area contributed by atoms with Gasteiger partial charge in [-0.15, -0.1) is 0 Å². The van der Waals surface area contributed by atoms with E-state index in [9.17, 15) is 57.5 Å². The van der Waals surface area contributed by atoms with Crippen LogP contribution in [0.4, 0.5) is 52.7 Å². The number of benzene rings is 3. The van der Waals surface area contributed by atoms with E-state index in [1.54, 1.807) is 13.8 Å². The lowest BCUT2D eigenvalue weighted by Gasteiger charge is -2.21. The summed E-state index contributed by atoms with van der Waals surface area (Å²) in [6, 6.07) is 4.16. The van der Waals surface area contributed by atoms with Crippen molar-refractivity contribution in [1.29, 1.82) is 0 Å². The maximum absolute atomic E-state index is 13.6. The molecule has 0 aliphatic carbocycles. The van der Waals surface area contributed by atoms with Crippen molar-refractivity contribution in [3.8, 4) is 22.3 Å². The third-order valence-corrected chi connectivity index (χ3v) is 6.39. The summed E-state index contributed by atoms with van der Waals surface area (Å²) >= 11 is 0. The Morgan fingerprint density at radius 3 is 1.12 bits per heavy atom. The summed E-state index contributed by atoms with van der Waals surface area (Å²) in [5, 5.41) is 0. The molecule has 0 aromatic heterocycles. The molecule has 234 valence electrons. The zero-order valence-electron chi connectivity index (χ0n) is 22.4. The third-order valence-electron chi connectivity index (χ3n) is 6.39. The van der Waals surface area contributed by atoms with Crippen LogP contribution >= 0.6 is 0 Å². The number of hydrogen-bond acceptors (Lipinski definition) is 2. The Labute approximate surface area is 237 Å². The number of ether oxygens (including phenoxy) is 1. The molecule has 0 saturated carbocycles. The highest BCUT2D eigenvalue weighted by Gasteiger charge is 2.39. The van der Waals surface area contributed by atoms with E-state index in [2.05, 4.69) is 0 Å². The van der Waals surface area contributed by atoms with Gasteiger partial charge in [0, 0.05) is 0 Å². The van der Waals surface area contributed by atoms with Gasteiger partial charge >= 0.3 is 30.7 Å². The van der Waals surface area contributed by atoms with Gasteiger partial charge in [0.05, 0.1) is 35.3 Å². The van der Waals surface area contributed by atoms with Crippen LogP contribution in [0, 0.1) is 5.92 Å². The molecular formula is C29H22F12O2. The molecule has 0 aliphatic rings. The van der Waals surface area contributed by atoms with E-state index in [-0.39, 0.29) is 30.0 Å². The second-order valence-electron chi connectivity index (χ2n) is 10.1. The van der Waals surface area contributed by atoms with Gasteiger partial charge in [-0.1, -0.05) is 26.0 Å². The zero-order valence-corrected chi connectivity index (χ0v) is 22.4. The minimum absolute atomic E-state index is 0.0162. The van der Waals surface area contributed by atoms with Crippen molar-refractivity contribution in [2.24, 2.45) is 5.92 Å². The van der Waals surface area contributed by atoms with Crippen molar-refractivity contribution in [2.75, 3.05) is 7.11 Å². The van der Waals surface area contributed by atoms with Gasteiger partial charge in [-0.2, -0.15) is 52.7 Å². The molecule has 14 heteroatoms. The Kier molecular flexibility index (Phi) is 9.24. The predicted molar refractivity (Wildman–Crippen MR) is 132 cm³/mol. The maximum atomic E-state index is 13.6. The summed E-state index contributed by atoms with van der Waals surface area (Å²) in [7, 11) is 1.01. The Balaban J connectivity index is 2.46. The molecule has 3 aromatic carbocycles. The van der Waals surface area contributed by atoms with Crippen LogP contribution in [0.25, 0.3) is 22.3 Å². The molecule has 0 bridgehead atoms. The van der Waals surface area contributed by atoms with Gasteiger partial charge in [0.15, 0.2) is 0 Å². The second kappa shape index (κ2) is 11.8. The van der Waals surface area contributed by atoms with Crippen molar-refractivity contribution < 1.29 is 62.2 Å². The van der Waals surface area contributed by atoms with Gasteiger partial charge in [-0.3, -0.25) is 4.79 Å². The molecule has 0 saturated heterocycles. The first-order valence-corrected chi connectivity index (χ1v) is 12.3. The maximum Gasteiger partial charge on any atom is 0.416 e. The summed E-state index contributed by atoms with van der Waals surface area (Å²) < 4.78 is 168. The van der Waals surface area contributed by atoms with Crippen LogP contribution in [-0.4, -0.2) is 13.1 Å². The third kappa shape index (κ3) is 8.23. The first-order valence-electron chi connectivity index (χ1n) is 12.3. The molecule has 3 aromatic rings. The van der Waals surface area contributed by atoms with Gasteiger partial charge in [-0.05, 0) is 82.6 Å². The lowest BCUT2D eigenvalue weighted by Crippen LogP contribution is -2.17. The van der Waals surface area contributed by atoms with Gasteiger partial charge in [0.1, 0.15) is 0 Å². The molecule has 0 radical (unpaired) electrons. The summed E-state index contributed by atoms with van der Waals surface area (Å²) in [4.78, 5) is 12.7. The molecule has 1 atom stereocenters. The summed E-state index contributed by atoms with van der Waals surface area (Å²) in [5.41, 5.74) is -9.14. The van der Waals surface area contributed by atoms with Crippen LogP contribution in [0.5, 0.6) is 0 Å². The van der Waals surface area contributed by atoms with Crippen LogP contribution in [0.2, 0.25) is 0 Å². The van der Waals surface area contributed by atoms with E-state index in [1.165, 1.54) is 0 Å². The topological polar surface area (TPSA) is 26.3 Å². The van der Waals surface area contributed by atoms with E-state index >= 15 is 0 Å². The van der Waals surface area contributed by atoms with E-state index in [1.807, 2.05) is 0 Å². The quantitative estimate of drug-likeness (QED) is 0.200. The fourth-order valence-corrected chi connectivity index (χ4v) is 4.41. The molecule has 43 heavy (non-hydrogen) atoms. The minimum atomic E-state index is -5.24. The molecule has 0 heterocycles. The number of esters is 1. The molecular weight excluding hydrogens is 608 g/mol. The van der Waals surface area contributed by atoms with Crippen LogP contribution in [0.1, 0.15) is 54.0 Å². The predicted octanol–water partition coefficient (Wildman–Crippen LogP) is 10.4. The number of methoxy groups -OCH3 is 1. The van der Waals surface area contributed by atoms with Crippen molar-refractivity contribution in [1.82, 2.24) is 0 Å². The van der Waals surface area contributed by atoms with Crippen LogP contribution in [0.15, 0.2) is 54.6 Å². The highest BCUT2D eigenvalue weighted by atomic mass is 19.4. The zero-order chi connectivity index (χ0) is 32.7. The first kappa shape index (κ1) is 33.8. The molecule has 2 nitrogen and oxygen atoms in total. The van der Waals surface area contributed by atoms with Gasteiger partial charge in [0.25, 0.3) is 0 Å². The highest BCUT2D eigenvalue weighted by molar-refractivity contribution is 5.82. The van der Waals surface area contributed by atoms with E-state index < -0.39 is 81.1 Å². The number of carbonyl (C=O) groups excluding carboxylic acids is 1. The van der Waals surface area contributed by atoms with Gasteiger partial charge in [0.2, 0.25) is 0 Å².